The number of carbonyl (C=O) groups excluding carboxylic acids is 1. The summed E-state index contributed by atoms with van der Waals surface area (Å²) in [6, 6.07) is 6.91. The number of aromatic nitrogens is 6. The van der Waals surface area contributed by atoms with Gasteiger partial charge in [0.2, 0.25) is 12.0 Å². The van der Waals surface area contributed by atoms with Crippen LogP contribution in [0.3, 0.4) is 0 Å². The lowest BCUT2D eigenvalue weighted by Gasteiger charge is -2.19. The number of aliphatic hydroxyl groups excluding tert-OH is 1. The van der Waals surface area contributed by atoms with E-state index in [0.29, 0.717) is 27.7 Å². The smallest absolute Gasteiger partial charge is 0.269 e. The van der Waals surface area contributed by atoms with Crippen LogP contribution in [0.25, 0.3) is 16.9 Å². The van der Waals surface area contributed by atoms with E-state index in [1.54, 1.807) is 37.5 Å². The first-order valence-electron chi connectivity index (χ1n) is 10.4. The number of amides is 1. The Morgan fingerprint density at radius 1 is 1.18 bits per heavy atom. The van der Waals surface area contributed by atoms with Crippen LogP contribution in [0.4, 0.5) is 5.82 Å². The van der Waals surface area contributed by atoms with Crippen LogP contribution < -0.4 is 10.1 Å². The average Bonchev–Trinajstić information content (AvgIpc) is 3.25. The number of nitrogens with one attached hydrogen (secondary N) is 1. The Kier molecular flexibility index (Phi) is 7.26. The SMILES string of the molecule is Cc1ccc(NC(=O)[C@H](COC[C@H](C)O)Oc2ncnc3c2cnn3-c2ncccc2Cl)nc1. The number of hydrogen-bond acceptors (Lipinski definition) is 9. The van der Waals surface area contributed by atoms with Gasteiger partial charge in [-0.1, -0.05) is 17.7 Å². The Morgan fingerprint density at radius 2 is 2.03 bits per heavy atom. The Hall–Kier alpha value is -3.67. The van der Waals surface area contributed by atoms with Gasteiger partial charge in [-0.05, 0) is 37.6 Å². The summed E-state index contributed by atoms with van der Waals surface area (Å²) < 4.78 is 12.9. The molecule has 0 aromatic carbocycles. The number of nitrogens with zero attached hydrogens (tertiary/aromatic N) is 6. The largest absolute Gasteiger partial charge is 0.461 e. The number of fused-ring (bicyclic) bond motifs is 1. The molecule has 0 bridgehead atoms. The number of ether oxygens (including phenoxy) is 2. The van der Waals surface area contributed by atoms with Crippen LogP contribution in [0.2, 0.25) is 5.02 Å². The van der Waals surface area contributed by atoms with E-state index in [1.165, 1.54) is 17.2 Å². The van der Waals surface area contributed by atoms with Crippen molar-refractivity contribution in [3.8, 4) is 11.7 Å². The fourth-order valence-electron chi connectivity index (χ4n) is 3.00. The lowest BCUT2D eigenvalue weighted by atomic mass is 10.3. The zero-order chi connectivity index (χ0) is 24.1. The normalized spacial score (nSPS) is 12.9. The summed E-state index contributed by atoms with van der Waals surface area (Å²) in [4.78, 5) is 29.9. The van der Waals surface area contributed by atoms with Gasteiger partial charge in [0.25, 0.3) is 5.91 Å². The summed E-state index contributed by atoms with van der Waals surface area (Å²) in [7, 11) is 0. The number of aliphatic hydroxyl groups is 1. The summed E-state index contributed by atoms with van der Waals surface area (Å²) in [6.07, 6.45) is 4.23. The van der Waals surface area contributed by atoms with Gasteiger partial charge in [-0.2, -0.15) is 9.78 Å². The minimum atomic E-state index is -1.10. The van der Waals surface area contributed by atoms with Crippen LogP contribution in [0.1, 0.15) is 12.5 Å². The molecular weight excluding hydrogens is 462 g/mol. The van der Waals surface area contributed by atoms with Crippen LogP contribution in [0.15, 0.2) is 49.2 Å². The third-order valence-electron chi connectivity index (χ3n) is 4.61. The Balaban J connectivity index is 1.61. The molecule has 0 aliphatic rings. The molecular formula is C22H22ClN7O4. The lowest BCUT2D eigenvalue weighted by molar-refractivity contribution is -0.126. The molecule has 0 saturated carbocycles. The van der Waals surface area contributed by atoms with Gasteiger partial charge in [0, 0.05) is 12.4 Å². The second-order valence-electron chi connectivity index (χ2n) is 7.48. The lowest BCUT2D eigenvalue weighted by Crippen LogP contribution is -2.38. The number of pyridine rings is 2. The first kappa shape index (κ1) is 23.5. The Labute approximate surface area is 199 Å². The summed E-state index contributed by atoms with van der Waals surface area (Å²) in [5.41, 5.74) is 1.36. The summed E-state index contributed by atoms with van der Waals surface area (Å²) in [5, 5.41) is 17.4. The molecule has 0 spiro atoms. The molecule has 0 aliphatic heterocycles. The third kappa shape index (κ3) is 5.45. The number of carbonyl (C=O) groups is 1. The van der Waals surface area contributed by atoms with Crippen LogP contribution in [0.5, 0.6) is 5.88 Å². The molecule has 11 nitrogen and oxygen atoms in total. The highest BCUT2D eigenvalue weighted by atomic mass is 35.5. The van der Waals surface area contributed by atoms with E-state index >= 15 is 0 Å². The van der Waals surface area contributed by atoms with Crippen molar-refractivity contribution in [2.75, 3.05) is 18.5 Å². The van der Waals surface area contributed by atoms with Gasteiger partial charge >= 0.3 is 0 Å². The zero-order valence-corrected chi connectivity index (χ0v) is 19.2. The molecule has 0 aliphatic carbocycles. The molecule has 4 rings (SSSR count). The molecule has 176 valence electrons. The highest BCUT2D eigenvalue weighted by Gasteiger charge is 2.25. The molecule has 4 heterocycles. The summed E-state index contributed by atoms with van der Waals surface area (Å²) >= 11 is 6.26. The molecule has 2 N–H and O–H groups in total. The zero-order valence-electron chi connectivity index (χ0n) is 18.4. The van der Waals surface area contributed by atoms with E-state index in [9.17, 15) is 9.90 Å². The molecule has 0 radical (unpaired) electrons. The maximum atomic E-state index is 13.0. The Bertz CT molecular complexity index is 1280. The topological polar surface area (TPSA) is 137 Å². The molecule has 0 unspecified atom stereocenters. The van der Waals surface area contributed by atoms with Gasteiger partial charge in [0.1, 0.15) is 17.5 Å². The quantitative estimate of drug-likeness (QED) is 0.367. The van der Waals surface area contributed by atoms with Gasteiger partial charge in [0.15, 0.2) is 11.5 Å². The molecule has 0 fully saturated rings. The summed E-state index contributed by atoms with van der Waals surface area (Å²) in [5.74, 6) is 0.392. The van der Waals surface area contributed by atoms with Crippen molar-refractivity contribution in [3.63, 3.8) is 0 Å². The standard InChI is InChI=1S/C22H22ClN7O4/c1-13-5-6-18(25-8-13)29-21(32)17(11-33-10-14(2)31)34-22-15-9-28-30(19(15)26-12-27-22)20-16(23)4-3-7-24-20/h3-9,12,14,17,31H,10-11H2,1-2H3,(H,25,29,32)/t14-,17-/m0/s1. The van der Waals surface area contributed by atoms with E-state index in [4.69, 9.17) is 21.1 Å². The van der Waals surface area contributed by atoms with E-state index in [2.05, 4.69) is 30.4 Å². The van der Waals surface area contributed by atoms with Crippen molar-refractivity contribution >= 4 is 34.4 Å². The third-order valence-corrected chi connectivity index (χ3v) is 4.90. The average molecular weight is 484 g/mol. The van der Waals surface area contributed by atoms with Crippen molar-refractivity contribution in [2.45, 2.75) is 26.1 Å². The van der Waals surface area contributed by atoms with Gasteiger partial charge in [0.05, 0.1) is 30.5 Å². The number of rotatable bonds is 9. The van der Waals surface area contributed by atoms with Gasteiger partial charge in [-0.3, -0.25) is 4.79 Å². The predicted octanol–water partition coefficient (Wildman–Crippen LogP) is 2.35. The van der Waals surface area contributed by atoms with Crippen LogP contribution in [-0.4, -0.2) is 66.2 Å². The minimum absolute atomic E-state index is 0.0330. The molecule has 1 amide bonds. The number of hydrogen-bond donors (Lipinski definition) is 2. The predicted molar refractivity (Wildman–Crippen MR) is 124 cm³/mol. The van der Waals surface area contributed by atoms with Crippen molar-refractivity contribution in [2.24, 2.45) is 0 Å². The maximum absolute atomic E-state index is 13.0. The van der Waals surface area contributed by atoms with E-state index < -0.39 is 18.1 Å². The molecule has 34 heavy (non-hydrogen) atoms. The van der Waals surface area contributed by atoms with Gasteiger partial charge in [-0.15, -0.1) is 0 Å². The number of aryl methyl sites for hydroxylation is 1. The first-order valence-corrected chi connectivity index (χ1v) is 10.8. The summed E-state index contributed by atoms with van der Waals surface area (Å²) in [6.45, 7) is 3.38. The van der Waals surface area contributed by atoms with Gasteiger partial charge < -0.3 is 19.9 Å². The minimum Gasteiger partial charge on any atom is -0.461 e. The molecule has 4 aromatic rings. The van der Waals surface area contributed by atoms with Crippen LogP contribution in [0, 0.1) is 6.92 Å². The van der Waals surface area contributed by atoms with Crippen LogP contribution >= 0.6 is 11.6 Å². The molecule has 12 heteroatoms. The number of halogens is 1. The molecule has 4 aromatic heterocycles. The van der Waals surface area contributed by atoms with Crippen molar-refractivity contribution in [1.29, 1.82) is 0 Å². The van der Waals surface area contributed by atoms with E-state index in [0.717, 1.165) is 5.56 Å². The highest BCUT2D eigenvalue weighted by molar-refractivity contribution is 6.32. The highest BCUT2D eigenvalue weighted by Crippen LogP contribution is 2.26. The van der Waals surface area contributed by atoms with Gasteiger partial charge in [-0.25, -0.2) is 19.9 Å². The fraction of sp³-hybridized carbons (Fsp3) is 0.273. The molecule has 0 saturated heterocycles. The Morgan fingerprint density at radius 3 is 2.76 bits per heavy atom. The van der Waals surface area contributed by atoms with Crippen molar-refractivity contribution in [1.82, 2.24) is 29.7 Å². The second-order valence-corrected chi connectivity index (χ2v) is 7.89. The van der Waals surface area contributed by atoms with Crippen LogP contribution in [-0.2, 0) is 9.53 Å². The van der Waals surface area contributed by atoms with Crippen molar-refractivity contribution in [3.05, 3.63) is 59.8 Å². The van der Waals surface area contributed by atoms with E-state index in [1.807, 2.05) is 13.0 Å². The second kappa shape index (κ2) is 10.5. The van der Waals surface area contributed by atoms with E-state index in [-0.39, 0.29) is 19.1 Å². The number of anilines is 1. The monoisotopic (exact) mass is 483 g/mol. The molecule has 2 atom stereocenters. The van der Waals surface area contributed by atoms with Crippen molar-refractivity contribution < 1.29 is 19.4 Å². The maximum Gasteiger partial charge on any atom is 0.269 e. The first-order chi connectivity index (χ1) is 16.4. The fourth-order valence-corrected chi connectivity index (χ4v) is 3.20.